The van der Waals surface area contributed by atoms with Crippen LogP contribution in [-0.2, 0) is 4.79 Å². The minimum atomic E-state index is -0.173. The van der Waals surface area contributed by atoms with Gasteiger partial charge in [0.1, 0.15) is 5.82 Å². The van der Waals surface area contributed by atoms with Crippen molar-refractivity contribution in [3.05, 3.63) is 34.9 Å². The minimum absolute atomic E-state index is 0.0109. The summed E-state index contributed by atoms with van der Waals surface area (Å²) in [6.07, 6.45) is 4.49. The number of anilines is 4. The highest BCUT2D eigenvalue weighted by molar-refractivity contribution is 9.10. The van der Waals surface area contributed by atoms with E-state index in [4.69, 9.17) is 5.73 Å². The normalized spacial score (nSPS) is 13.0. The van der Waals surface area contributed by atoms with Crippen LogP contribution in [0.25, 0.3) is 0 Å². The number of hydrogen-bond donors (Lipinski definition) is 5. The number of nitrogens with zero attached hydrogens (tertiary/aromatic N) is 3. The summed E-state index contributed by atoms with van der Waals surface area (Å²) in [6.45, 7) is 2.74. The van der Waals surface area contributed by atoms with Crippen molar-refractivity contribution in [1.29, 1.82) is 0 Å². The first kappa shape index (κ1) is 22.8. The summed E-state index contributed by atoms with van der Waals surface area (Å²) in [5, 5.41) is 12.0. The van der Waals surface area contributed by atoms with E-state index in [2.05, 4.69) is 47.2 Å². The molecule has 0 spiro atoms. The standard InChI is InChI=1S/C20H27BrN8O2/c21-16-13-25-19(28-18(16)24-8-4-7-23-17(30)12-22)26-14-5-3-6-15(11-14)27-20(31)29-9-1-2-10-29/h3,5-6,11,13H,1-2,4,7-10,12,22H2,(H,23,30)(H,27,31)(H2,24,25,26,28). The molecule has 1 aromatic heterocycles. The maximum absolute atomic E-state index is 12.3. The Balaban J connectivity index is 1.55. The molecule has 1 fully saturated rings. The third-order valence-electron chi connectivity index (χ3n) is 4.66. The van der Waals surface area contributed by atoms with Crippen molar-refractivity contribution in [2.45, 2.75) is 19.3 Å². The smallest absolute Gasteiger partial charge is 0.321 e. The molecule has 10 nitrogen and oxygen atoms in total. The Hall–Kier alpha value is -2.92. The zero-order valence-electron chi connectivity index (χ0n) is 17.2. The van der Waals surface area contributed by atoms with Crippen LogP contribution in [0.2, 0.25) is 0 Å². The second kappa shape index (κ2) is 11.5. The van der Waals surface area contributed by atoms with Crippen LogP contribution in [0.3, 0.4) is 0 Å². The molecule has 1 saturated heterocycles. The molecule has 1 aliphatic rings. The summed E-state index contributed by atoms with van der Waals surface area (Å²) in [4.78, 5) is 34.0. The Morgan fingerprint density at radius 1 is 1.16 bits per heavy atom. The highest BCUT2D eigenvalue weighted by atomic mass is 79.9. The fourth-order valence-corrected chi connectivity index (χ4v) is 3.40. The summed E-state index contributed by atoms with van der Waals surface area (Å²) in [5.41, 5.74) is 6.73. The Bertz CT molecular complexity index is 904. The zero-order chi connectivity index (χ0) is 22.1. The first-order valence-electron chi connectivity index (χ1n) is 10.2. The molecule has 0 bridgehead atoms. The molecule has 1 aromatic carbocycles. The number of rotatable bonds is 9. The lowest BCUT2D eigenvalue weighted by Gasteiger charge is -2.16. The molecule has 2 aromatic rings. The molecule has 0 saturated carbocycles. The van der Waals surface area contributed by atoms with Gasteiger partial charge in [-0.05, 0) is 53.4 Å². The van der Waals surface area contributed by atoms with Crippen molar-refractivity contribution in [2.75, 3.05) is 48.7 Å². The molecule has 0 atom stereocenters. The van der Waals surface area contributed by atoms with Gasteiger partial charge in [-0.25, -0.2) is 9.78 Å². The van der Waals surface area contributed by atoms with Gasteiger partial charge in [0.05, 0.1) is 11.0 Å². The largest absolute Gasteiger partial charge is 0.369 e. The molecule has 6 N–H and O–H groups in total. The van der Waals surface area contributed by atoms with E-state index in [1.165, 1.54) is 0 Å². The Labute approximate surface area is 189 Å². The predicted molar refractivity (Wildman–Crippen MR) is 124 cm³/mol. The van der Waals surface area contributed by atoms with Gasteiger partial charge in [0.15, 0.2) is 0 Å². The summed E-state index contributed by atoms with van der Waals surface area (Å²) >= 11 is 3.44. The zero-order valence-corrected chi connectivity index (χ0v) is 18.7. The highest BCUT2D eigenvalue weighted by Crippen LogP contribution is 2.23. The van der Waals surface area contributed by atoms with Gasteiger partial charge in [-0.1, -0.05) is 6.07 Å². The molecule has 0 aliphatic carbocycles. The molecular formula is C20H27BrN8O2. The second-order valence-electron chi connectivity index (χ2n) is 7.05. The number of hydrogen-bond acceptors (Lipinski definition) is 7. The quantitative estimate of drug-likeness (QED) is 0.340. The molecule has 3 rings (SSSR count). The maximum atomic E-state index is 12.3. The van der Waals surface area contributed by atoms with Crippen molar-refractivity contribution < 1.29 is 9.59 Å². The van der Waals surface area contributed by atoms with Crippen LogP contribution in [0.15, 0.2) is 34.9 Å². The molecule has 166 valence electrons. The molecular weight excluding hydrogens is 464 g/mol. The number of urea groups is 1. The van der Waals surface area contributed by atoms with E-state index < -0.39 is 0 Å². The third kappa shape index (κ3) is 7.07. The van der Waals surface area contributed by atoms with E-state index in [0.29, 0.717) is 30.5 Å². The average Bonchev–Trinajstić information content (AvgIpc) is 3.31. The van der Waals surface area contributed by atoms with Crippen molar-refractivity contribution >= 4 is 51.0 Å². The van der Waals surface area contributed by atoms with E-state index in [0.717, 1.165) is 42.5 Å². The topological polar surface area (TPSA) is 137 Å². The van der Waals surface area contributed by atoms with E-state index in [1.807, 2.05) is 29.2 Å². The first-order chi connectivity index (χ1) is 15.0. The summed E-state index contributed by atoms with van der Waals surface area (Å²) < 4.78 is 0.732. The molecule has 1 aliphatic heterocycles. The van der Waals surface area contributed by atoms with E-state index in [1.54, 1.807) is 6.20 Å². The van der Waals surface area contributed by atoms with Gasteiger partial charge in [-0.2, -0.15) is 4.98 Å². The lowest BCUT2D eigenvalue weighted by atomic mass is 10.3. The maximum Gasteiger partial charge on any atom is 0.321 e. The SMILES string of the molecule is NCC(=O)NCCCNc1nc(Nc2cccc(NC(=O)N3CCCC3)c2)ncc1Br. The number of benzene rings is 1. The van der Waals surface area contributed by atoms with Crippen LogP contribution >= 0.6 is 15.9 Å². The van der Waals surface area contributed by atoms with Gasteiger partial charge in [-0.15, -0.1) is 0 Å². The van der Waals surface area contributed by atoms with E-state index in [9.17, 15) is 9.59 Å². The Kier molecular flexibility index (Phi) is 8.42. The number of carbonyl (C=O) groups excluding carboxylic acids is 2. The fourth-order valence-electron chi connectivity index (χ4n) is 3.07. The molecule has 3 amide bonds. The van der Waals surface area contributed by atoms with Crippen LogP contribution in [-0.4, -0.2) is 59.5 Å². The number of halogens is 1. The Morgan fingerprint density at radius 3 is 2.71 bits per heavy atom. The molecule has 0 unspecified atom stereocenters. The second-order valence-corrected chi connectivity index (χ2v) is 7.91. The van der Waals surface area contributed by atoms with Gasteiger partial charge in [0.2, 0.25) is 11.9 Å². The summed E-state index contributed by atoms with van der Waals surface area (Å²) in [6, 6.07) is 7.34. The molecule has 11 heteroatoms. The van der Waals surface area contributed by atoms with Crippen molar-refractivity contribution in [2.24, 2.45) is 5.73 Å². The van der Waals surface area contributed by atoms with Crippen LogP contribution < -0.4 is 27.0 Å². The van der Waals surface area contributed by atoms with Gasteiger partial charge in [0, 0.05) is 43.8 Å². The predicted octanol–water partition coefficient (Wildman–Crippen LogP) is 2.49. The van der Waals surface area contributed by atoms with Crippen molar-refractivity contribution in [3.8, 4) is 0 Å². The summed E-state index contributed by atoms with van der Waals surface area (Å²) in [5.74, 6) is 0.889. The third-order valence-corrected chi connectivity index (χ3v) is 5.24. The van der Waals surface area contributed by atoms with Gasteiger partial charge in [-0.3, -0.25) is 4.79 Å². The minimum Gasteiger partial charge on any atom is -0.369 e. The number of carbonyl (C=O) groups is 2. The molecule has 2 heterocycles. The fraction of sp³-hybridized carbons (Fsp3) is 0.400. The van der Waals surface area contributed by atoms with Gasteiger partial charge >= 0.3 is 6.03 Å². The van der Waals surface area contributed by atoms with Crippen LogP contribution in [0.5, 0.6) is 0 Å². The monoisotopic (exact) mass is 490 g/mol. The van der Waals surface area contributed by atoms with Gasteiger partial charge < -0.3 is 31.9 Å². The first-order valence-corrected chi connectivity index (χ1v) is 11.0. The summed E-state index contributed by atoms with van der Waals surface area (Å²) in [7, 11) is 0. The number of nitrogens with two attached hydrogens (primary N) is 1. The van der Waals surface area contributed by atoms with E-state index >= 15 is 0 Å². The van der Waals surface area contributed by atoms with Crippen molar-refractivity contribution in [3.63, 3.8) is 0 Å². The number of nitrogens with one attached hydrogen (secondary N) is 4. The highest BCUT2D eigenvalue weighted by Gasteiger charge is 2.17. The average molecular weight is 491 g/mol. The number of amides is 3. The number of likely N-dealkylation sites (tertiary alicyclic amines) is 1. The number of aromatic nitrogens is 2. The van der Waals surface area contributed by atoms with Crippen LogP contribution in [0.4, 0.5) is 27.9 Å². The Morgan fingerprint density at radius 2 is 1.94 bits per heavy atom. The van der Waals surface area contributed by atoms with Crippen LogP contribution in [0.1, 0.15) is 19.3 Å². The van der Waals surface area contributed by atoms with E-state index in [-0.39, 0.29) is 18.5 Å². The van der Waals surface area contributed by atoms with Crippen molar-refractivity contribution in [1.82, 2.24) is 20.2 Å². The van der Waals surface area contributed by atoms with Gasteiger partial charge in [0.25, 0.3) is 0 Å². The molecule has 31 heavy (non-hydrogen) atoms. The van der Waals surface area contributed by atoms with Crippen LogP contribution in [0, 0.1) is 0 Å². The molecule has 0 radical (unpaired) electrons. The lowest BCUT2D eigenvalue weighted by Crippen LogP contribution is -2.32. The lowest BCUT2D eigenvalue weighted by molar-refractivity contribution is -0.119.